The van der Waals surface area contributed by atoms with E-state index in [1.165, 1.54) is 32.1 Å². The standard InChI is InChI=1S/C13H20N3O/c1-14-8-9-15(10-14)13(17)16-7-3-5-11-4-2-6-12(11)16/h8-12H,2-7H2,1H3/q+1. The molecule has 3 rings (SSSR count). The van der Waals surface area contributed by atoms with E-state index in [2.05, 4.69) is 4.90 Å². The van der Waals surface area contributed by atoms with Crippen molar-refractivity contribution >= 4 is 6.03 Å². The van der Waals surface area contributed by atoms with Crippen LogP contribution in [0.2, 0.25) is 0 Å². The Morgan fingerprint density at radius 3 is 2.88 bits per heavy atom. The summed E-state index contributed by atoms with van der Waals surface area (Å²) in [5, 5.41) is 0. The Bertz CT molecular complexity index is 426. The molecule has 1 saturated carbocycles. The van der Waals surface area contributed by atoms with Crippen molar-refractivity contribution in [1.82, 2.24) is 9.47 Å². The van der Waals surface area contributed by atoms with Gasteiger partial charge in [0.05, 0.1) is 7.05 Å². The summed E-state index contributed by atoms with van der Waals surface area (Å²) in [6.07, 6.45) is 11.9. The van der Waals surface area contributed by atoms with E-state index in [0.29, 0.717) is 6.04 Å². The minimum absolute atomic E-state index is 0.155. The molecule has 0 spiro atoms. The molecule has 2 unspecified atom stereocenters. The average molecular weight is 234 g/mol. The lowest BCUT2D eigenvalue weighted by atomic mass is 9.92. The van der Waals surface area contributed by atoms with Crippen LogP contribution in [0, 0.1) is 5.92 Å². The zero-order chi connectivity index (χ0) is 11.8. The van der Waals surface area contributed by atoms with Crippen molar-refractivity contribution in [3.63, 3.8) is 0 Å². The van der Waals surface area contributed by atoms with Crippen LogP contribution >= 0.6 is 0 Å². The lowest BCUT2D eigenvalue weighted by Gasteiger charge is -2.35. The SMILES string of the molecule is C[n+]1ccn(C(=O)N2CCCC3CCCC32)c1. The van der Waals surface area contributed by atoms with E-state index in [1.807, 2.05) is 30.3 Å². The summed E-state index contributed by atoms with van der Waals surface area (Å²) < 4.78 is 3.62. The van der Waals surface area contributed by atoms with E-state index in [4.69, 9.17) is 0 Å². The molecule has 17 heavy (non-hydrogen) atoms. The molecule has 0 aromatic carbocycles. The molecule has 0 bridgehead atoms. The molecule has 4 heteroatoms. The number of aryl methyl sites for hydroxylation is 1. The largest absolute Gasteiger partial charge is 0.416 e. The van der Waals surface area contributed by atoms with Gasteiger partial charge in [-0.05, 0) is 31.6 Å². The summed E-state index contributed by atoms with van der Waals surface area (Å²) in [7, 11) is 1.94. The Balaban J connectivity index is 1.81. The van der Waals surface area contributed by atoms with Crippen LogP contribution in [0.15, 0.2) is 18.7 Å². The predicted octanol–water partition coefficient (Wildman–Crippen LogP) is 1.55. The average Bonchev–Trinajstić information content (AvgIpc) is 2.95. The number of piperidine rings is 1. The number of imidazole rings is 1. The Morgan fingerprint density at radius 1 is 1.29 bits per heavy atom. The minimum atomic E-state index is 0.155. The van der Waals surface area contributed by atoms with Crippen LogP contribution in [0.25, 0.3) is 0 Å². The molecule has 2 fully saturated rings. The molecular weight excluding hydrogens is 214 g/mol. The Hall–Kier alpha value is -1.32. The van der Waals surface area contributed by atoms with Crippen LogP contribution in [0.1, 0.15) is 32.1 Å². The summed E-state index contributed by atoms with van der Waals surface area (Å²) in [4.78, 5) is 14.5. The molecule has 4 nitrogen and oxygen atoms in total. The molecule has 2 atom stereocenters. The monoisotopic (exact) mass is 234 g/mol. The van der Waals surface area contributed by atoms with Gasteiger partial charge in [-0.3, -0.25) is 0 Å². The van der Waals surface area contributed by atoms with Crippen LogP contribution in [-0.4, -0.2) is 28.1 Å². The van der Waals surface area contributed by atoms with Gasteiger partial charge in [-0.2, -0.15) is 4.57 Å². The van der Waals surface area contributed by atoms with Gasteiger partial charge < -0.3 is 4.90 Å². The second-order valence-corrected chi connectivity index (χ2v) is 5.36. The fourth-order valence-corrected chi connectivity index (χ4v) is 3.40. The highest BCUT2D eigenvalue weighted by Crippen LogP contribution is 2.36. The van der Waals surface area contributed by atoms with E-state index in [0.717, 1.165) is 12.5 Å². The van der Waals surface area contributed by atoms with Crippen LogP contribution < -0.4 is 4.57 Å². The number of fused-ring (bicyclic) bond motifs is 1. The number of carbonyl (C=O) groups excluding carboxylic acids is 1. The lowest BCUT2D eigenvalue weighted by Crippen LogP contribution is -2.47. The minimum Gasteiger partial charge on any atom is -0.301 e. The second kappa shape index (κ2) is 4.17. The number of hydrogen-bond acceptors (Lipinski definition) is 1. The van der Waals surface area contributed by atoms with Crippen molar-refractivity contribution < 1.29 is 9.36 Å². The van der Waals surface area contributed by atoms with Crippen molar-refractivity contribution in [3.8, 4) is 0 Å². The summed E-state index contributed by atoms with van der Waals surface area (Å²) in [6, 6.07) is 0.658. The van der Waals surface area contributed by atoms with E-state index < -0.39 is 0 Å². The van der Waals surface area contributed by atoms with Crippen LogP contribution in [0.5, 0.6) is 0 Å². The zero-order valence-electron chi connectivity index (χ0n) is 10.4. The van der Waals surface area contributed by atoms with Gasteiger partial charge in [0.1, 0.15) is 12.4 Å². The molecule has 92 valence electrons. The van der Waals surface area contributed by atoms with Gasteiger partial charge in [0.2, 0.25) is 0 Å². The fourth-order valence-electron chi connectivity index (χ4n) is 3.40. The maximum absolute atomic E-state index is 12.4. The first-order chi connectivity index (χ1) is 8.25. The number of amides is 1. The third-order valence-corrected chi connectivity index (χ3v) is 4.23. The van der Waals surface area contributed by atoms with E-state index in [9.17, 15) is 4.79 Å². The summed E-state index contributed by atoms with van der Waals surface area (Å²) in [5.74, 6) is 0.761. The number of hydrogen-bond donors (Lipinski definition) is 0. The van der Waals surface area contributed by atoms with Gasteiger partial charge in [0, 0.05) is 12.6 Å². The molecule has 1 saturated heterocycles. The predicted molar refractivity (Wildman–Crippen MR) is 63.5 cm³/mol. The summed E-state index contributed by atoms with van der Waals surface area (Å²) in [5.41, 5.74) is 0. The molecule has 1 aliphatic heterocycles. The Morgan fingerprint density at radius 2 is 2.12 bits per heavy atom. The number of carbonyl (C=O) groups is 1. The van der Waals surface area contributed by atoms with Gasteiger partial charge in [-0.25, -0.2) is 9.36 Å². The zero-order valence-corrected chi connectivity index (χ0v) is 10.4. The molecule has 0 N–H and O–H groups in total. The second-order valence-electron chi connectivity index (χ2n) is 5.36. The summed E-state index contributed by atoms with van der Waals surface area (Å²) >= 11 is 0. The van der Waals surface area contributed by atoms with Gasteiger partial charge in [-0.1, -0.05) is 6.42 Å². The van der Waals surface area contributed by atoms with E-state index in [1.54, 1.807) is 4.57 Å². The Kier molecular flexibility index (Phi) is 2.65. The van der Waals surface area contributed by atoms with Crippen molar-refractivity contribution in [1.29, 1.82) is 0 Å². The molecule has 1 amide bonds. The number of nitrogens with zero attached hydrogens (tertiary/aromatic N) is 3. The van der Waals surface area contributed by atoms with Gasteiger partial charge >= 0.3 is 6.03 Å². The summed E-state index contributed by atoms with van der Waals surface area (Å²) in [6.45, 7) is 0.932. The number of likely N-dealkylation sites (tertiary alicyclic amines) is 1. The molecule has 1 aromatic heterocycles. The highest BCUT2D eigenvalue weighted by molar-refractivity contribution is 5.77. The first-order valence-electron chi connectivity index (χ1n) is 6.60. The van der Waals surface area contributed by atoms with Crippen molar-refractivity contribution in [2.45, 2.75) is 38.1 Å². The maximum Gasteiger partial charge on any atom is 0.416 e. The molecular formula is C13H20N3O+. The Labute approximate surface area is 102 Å². The number of aromatic nitrogens is 2. The maximum atomic E-state index is 12.4. The molecule has 0 radical (unpaired) electrons. The first-order valence-corrected chi connectivity index (χ1v) is 6.60. The van der Waals surface area contributed by atoms with Crippen LogP contribution in [0.4, 0.5) is 4.79 Å². The van der Waals surface area contributed by atoms with Crippen LogP contribution in [-0.2, 0) is 7.05 Å². The number of rotatable bonds is 0. The van der Waals surface area contributed by atoms with Crippen molar-refractivity contribution in [3.05, 3.63) is 18.7 Å². The quantitative estimate of drug-likeness (QED) is 0.626. The lowest BCUT2D eigenvalue weighted by molar-refractivity contribution is -0.670. The van der Waals surface area contributed by atoms with Gasteiger partial charge in [0.15, 0.2) is 0 Å². The third kappa shape index (κ3) is 1.85. The molecule has 1 aliphatic carbocycles. The highest BCUT2D eigenvalue weighted by Gasteiger charge is 2.39. The van der Waals surface area contributed by atoms with Gasteiger partial charge in [-0.15, -0.1) is 0 Å². The fraction of sp³-hybridized carbons (Fsp3) is 0.692. The smallest absolute Gasteiger partial charge is 0.301 e. The van der Waals surface area contributed by atoms with Crippen molar-refractivity contribution in [2.75, 3.05) is 6.54 Å². The van der Waals surface area contributed by atoms with E-state index >= 15 is 0 Å². The third-order valence-electron chi connectivity index (χ3n) is 4.23. The molecule has 2 heterocycles. The first kappa shape index (κ1) is 10.8. The van der Waals surface area contributed by atoms with Crippen LogP contribution in [0.3, 0.4) is 0 Å². The van der Waals surface area contributed by atoms with Gasteiger partial charge in [0.25, 0.3) is 6.33 Å². The molecule has 1 aromatic rings. The topological polar surface area (TPSA) is 29.1 Å². The van der Waals surface area contributed by atoms with E-state index in [-0.39, 0.29) is 6.03 Å². The molecule has 2 aliphatic rings. The highest BCUT2D eigenvalue weighted by atomic mass is 16.2. The van der Waals surface area contributed by atoms with Crippen molar-refractivity contribution in [2.24, 2.45) is 13.0 Å². The normalized spacial score (nSPS) is 28.2.